The number of carbonyl (C=O) groups is 7. The molecule has 11 rings (SSSR count). The van der Waals surface area contributed by atoms with Crippen LogP contribution in [0.15, 0.2) is 162 Å². The largest absolute Gasteiger partial charge is 0.452 e. The summed E-state index contributed by atoms with van der Waals surface area (Å²) in [7, 11) is -0.446. The van der Waals surface area contributed by atoms with Crippen molar-refractivity contribution < 1.29 is 97.6 Å². The predicted octanol–water partition coefficient (Wildman–Crippen LogP) is 13.0. The summed E-state index contributed by atoms with van der Waals surface area (Å²) >= 11 is 0. The minimum Gasteiger partial charge on any atom is -0.447 e. The molecule has 19 nitrogen and oxygen atoms in total. The number of nitrogens with one attached hydrogen (secondary N) is 1. The maximum absolute atomic E-state index is 14.5. The Labute approximate surface area is 571 Å². The average molecular weight is 1410 g/mol. The zero-order valence-corrected chi connectivity index (χ0v) is 56.3. The minimum atomic E-state index is -1.55. The third-order valence-electron chi connectivity index (χ3n) is 14.9. The van der Waals surface area contributed by atoms with Crippen molar-refractivity contribution in [3.8, 4) is 0 Å². The van der Waals surface area contributed by atoms with Crippen LogP contribution >= 0.6 is 7.92 Å². The highest BCUT2D eigenvalue weighted by Gasteiger charge is 2.46. The Kier molecular flexibility index (Phi) is 28.3. The highest BCUT2D eigenvalue weighted by Crippen LogP contribution is 2.40. The van der Waals surface area contributed by atoms with Gasteiger partial charge < -0.3 is 29.1 Å². The Balaban J connectivity index is 0.000000209. The Morgan fingerprint density at radius 2 is 0.870 bits per heavy atom. The third kappa shape index (κ3) is 20.6. The molecule has 28 heteroatoms. The molecule has 2 fully saturated rings. The molecule has 7 aromatic rings. The summed E-state index contributed by atoms with van der Waals surface area (Å²) in [6.45, 7) is 12.9. The number of aliphatic hydroxyl groups excluding tert-OH is 1. The van der Waals surface area contributed by atoms with Gasteiger partial charge in [0, 0.05) is 54.7 Å². The van der Waals surface area contributed by atoms with Crippen LogP contribution in [-0.2, 0) is 23.8 Å². The topological polar surface area (TPSA) is 248 Å². The Bertz CT molecular complexity index is 3910. The molecule has 0 spiro atoms. The molecule has 100 heavy (non-hydrogen) atoms. The number of hydrogen-bond donors (Lipinski definition) is 2. The molecule has 4 aliphatic heterocycles. The van der Waals surface area contributed by atoms with E-state index in [2.05, 4.69) is 111 Å². The summed E-state index contributed by atoms with van der Waals surface area (Å²) in [5.41, 5.74) is -1.93. The van der Waals surface area contributed by atoms with Crippen LogP contribution < -0.4 is 21.2 Å². The van der Waals surface area contributed by atoms with Crippen molar-refractivity contribution >= 4 is 71.9 Å². The number of azo groups is 1. The molecular formula is C72H71F8N6O13P. The quantitative estimate of drug-likeness (QED) is 0.0323. The van der Waals surface area contributed by atoms with E-state index in [-0.39, 0.29) is 73.7 Å². The van der Waals surface area contributed by atoms with Crippen molar-refractivity contribution in [3.05, 3.63) is 232 Å². The monoisotopic (exact) mass is 1410 g/mol. The van der Waals surface area contributed by atoms with Crippen molar-refractivity contribution in [1.29, 1.82) is 0 Å². The van der Waals surface area contributed by atoms with Gasteiger partial charge in [-0.1, -0.05) is 120 Å². The van der Waals surface area contributed by atoms with E-state index in [1.165, 1.54) is 28.0 Å². The summed E-state index contributed by atoms with van der Waals surface area (Å²) < 4.78 is 126. The fourth-order valence-corrected chi connectivity index (χ4v) is 13.1. The Morgan fingerprint density at radius 3 is 1.20 bits per heavy atom. The fraction of sp³-hybridized carbons (Fsp3) is 0.306. The van der Waals surface area contributed by atoms with E-state index in [1.54, 1.807) is 91.8 Å². The molecule has 4 aliphatic rings. The molecule has 7 aromatic carbocycles. The molecule has 528 valence electrons. The molecule has 2 saturated heterocycles. The second kappa shape index (κ2) is 35.9. The molecule has 2 unspecified atom stereocenters. The molecule has 0 radical (unpaired) electrons. The SMILES string of the molecule is CC(C)(C)OC(=O)N1C[C@@H](c2c(F)c(F)cc(F)c2F)CC1CN1C(=O)c2ccccc2C1=O.CC(C)(C)OC(=O)N1C[C@@H](c2c(F)c(F)cc(F)c2F)CC1CO.CCN=NC(=O)OCC.O=C1NC(=O)c2ccccc21.O=C=O.c1ccc(P(c2ccccc2)c2ccccc2)cc1. The van der Waals surface area contributed by atoms with Gasteiger partial charge in [0.15, 0.2) is 46.5 Å². The predicted molar refractivity (Wildman–Crippen MR) is 350 cm³/mol. The van der Waals surface area contributed by atoms with Crippen LogP contribution in [0.4, 0.5) is 49.5 Å². The zero-order chi connectivity index (χ0) is 73.8. The van der Waals surface area contributed by atoms with Gasteiger partial charge in [-0.2, -0.15) is 14.7 Å². The number of likely N-dealkylation sites (tertiary alicyclic amines) is 2. The molecule has 0 aliphatic carbocycles. The number of hydrogen-bond acceptors (Lipinski definition) is 14. The number of aliphatic hydroxyl groups is 1. The van der Waals surface area contributed by atoms with Crippen LogP contribution in [-0.4, -0.2) is 131 Å². The summed E-state index contributed by atoms with van der Waals surface area (Å²) in [5.74, 6) is -16.0. The van der Waals surface area contributed by atoms with Crippen molar-refractivity contribution in [2.24, 2.45) is 10.2 Å². The number of amides is 7. The van der Waals surface area contributed by atoms with Gasteiger partial charge in [-0.25, -0.2) is 49.5 Å². The van der Waals surface area contributed by atoms with E-state index >= 15 is 0 Å². The number of benzene rings is 7. The van der Waals surface area contributed by atoms with Crippen molar-refractivity contribution in [3.63, 3.8) is 0 Å². The highest BCUT2D eigenvalue weighted by atomic mass is 31.1. The summed E-state index contributed by atoms with van der Waals surface area (Å²) in [6, 6.07) is 43.9. The zero-order valence-electron chi connectivity index (χ0n) is 55.5. The van der Waals surface area contributed by atoms with Crippen LogP contribution in [0.1, 0.15) is 133 Å². The van der Waals surface area contributed by atoms with Crippen LogP contribution in [0.5, 0.6) is 0 Å². The second-order valence-electron chi connectivity index (χ2n) is 24.2. The molecule has 0 saturated carbocycles. The van der Waals surface area contributed by atoms with Crippen molar-refractivity contribution in [1.82, 2.24) is 20.0 Å². The molecule has 2 N–H and O–H groups in total. The molecule has 7 amide bonds. The average Bonchev–Trinajstić information content (AvgIpc) is 1.62. The van der Waals surface area contributed by atoms with E-state index in [4.69, 9.17) is 19.1 Å². The second-order valence-corrected chi connectivity index (χ2v) is 26.4. The van der Waals surface area contributed by atoms with E-state index < -0.39 is 137 Å². The summed E-state index contributed by atoms with van der Waals surface area (Å²) in [5, 5.41) is 22.4. The lowest BCUT2D eigenvalue weighted by Gasteiger charge is -2.30. The number of nitrogens with zero attached hydrogens (tertiary/aromatic N) is 5. The molecule has 4 atom stereocenters. The summed E-state index contributed by atoms with van der Waals surface area (Å²) in [6.07, 6.45) is -2.15. The lowest BCUT2D eigenvalue weighted by molar-refractivity contribution is -0.191. The standard InChI is InChI=1S/C24H22F4N2O4.C18H15P.C16H19F4NO3.C8H5NO2.C5H10N2O2.CO2/c1-24(2,3)34-23(33)29-10-12(18-19(27)16(25)9-17(26)20(18)28)8-13(29)11-30-21(31)14-6-4-5-7-15(14)22(30)32;1-4-10-16(11-5-1)19(17-12-6-2-7-13-17)18-14-8-3-9-15-18;1-16(2,3)24-15(23)21-6-8(4-9(21)7-22)12-13(19)10(17)5-11(18)14(12)20;10-7-5-3-1-2-4-6(5)8(11)9-7;1-3-6-7-5(8)9-4-2;2-1-3/h4-7,9,12-13H,8,10-11H2,1-3H3;1-15H;5,8-9,22H,4,6-7H2,1-3H3;1-4H,(H,9,10,11);3-4H2,1-2H3;/t12-,13?;;8-,9?;;;/m0.0.../s1. The number of ether oxygens (including phenoxy) is 3. The number of fused-ring (bicyclic) bond motifs is 2. The molecule has 0 aromatic heterocycles. The van der Waals surface area contributed by atoms with Gasteiger partial charge >= 0.3 is 24.4 Å². The summed E-state index contributed by atoms with van der Waals surface area (Å²) in [4.78, 5) is 102. The smallest absolute Gasteiger partial charge is 0.447 e. The van der Waals surface area contributed by atoms with Crippen molar-refractivity contribution in [2.75, 3.05) is 39.4 Å². The van der Waals surface area contributed by atoms with Gasteiger partial charge in [-0.15, -0.1) is 0 Å². The Morgan fingerprint density at radius 1 is 0.540 bits per heavy atom. The Hall–Kier alpha value is -10.4. The van der Waals surface area contributed by atoms with Gasteiger partial charge in [0.25, 0.3) is 23.6 Å². The molecule has 0 bridgehead atoms. The maximum atomic E-state index is 14.5. The first-order chi connectivity index (χ1) is 47.4. The van der Waals surface area contributed by atoms with Gasteiger partial charge in [-0.05, 0) is 116 Å². The lowest BCUT2D eigenvalue weighted by atomic mass is 9.94. The van der Waals surface area contributed by atoms with E-state index in [0.717, 1.165) is 14.7 Å². The number of imide groups is 2. The van der Waals surface area contributed by atoms with Crippen LogP contribution in [0.3, 0.4) is 0 Å². The van der Waals surface area contributed by atoms with Crippen molar-refractivity contribution in [2.45, 2.75) is 103 Å². The first-order valence-electron chi connectivity index (χ1n) is 31.0. The highest BCUT2D eigenvalue weighted by molar-refractivity contribution is 7.79. The van der Waals surface area contributed by atoms with Crippen LogP contribution in [0.25, 0.3) is 0 Å². The van der Waals surface area contributed by atoms with Gasteiger partial charge in [0.05, 0.1) is 54.1 Å². The number of halogens is 8. The lowest BCUT2D eigenvalue weighted by Crippen LogP contribution is -2.46. The minimum absolute atomic E-state index is 0.0352. The maximum Gasteiger partial charge on any atom is 0.452 e. The number of carbonyl (C=O) groups excluding carboxylic acids is 9. The third-order valence-corrected chi connectivity index (χ3v) is 17.4. The molecule has 4 heterocycles. The first kappa shape index (κ1) is 78.6. The fourth-order valence-electron chi connectivity index (χ4n) is 10.8. The van der Waals surface area contributed by atoms with E-state index in [1.807, 2.05) is 0 Å². The van der Waals surface area contributed by atoms with Gasteiger partial charge in [0.2, 0.25) is 0 Å². The first-order valence-corrected chi connectivity index (χ1v) is 32.4. The van der Waals surface area contributed by atoms with Crippen LogP contribution in [0.2, 0.25) is 0 Å². The van der Waals surface area contributed by atoms with E-state index in [0.29, 0.717) is 24.3 Å². The van der Waals surface area contributed by atoms with Gasteiger partial charge in [0.1, 0.15) is 11.2 Å². The van der Waals surface area contributed by atoms with Crippen LogP contribution in [0, 0.1) is 46.5 Å². The van der Waals surface area contributed by atoms with Gasteiger partial charge in [-0.3, -0.25) is 29.4 Å². The normalized spacial score (nSPS) is 16.6. The number of rotatable bonds is 10. The van der Waals surface area contributed by atoms with E-state index in [9.17, 15) is 73.8 Å². The molecular weight excluding hydrogens is 1340 g/mol.